The van der Waals surface area contributed by atoms with Gasteiger partial charge in [-0.2, -0.15) is 0 Å². The fourth-order valence-electron chi connectivity index (χ4n) is 1.56. The highest BCUT2D eigenvalue weighted by Gasteiger charge is 2.15. The van der Waals surface area contributed by atoms with E-state index < -0.39 is 6.04 Å². The summed E-state index contributed by atoms with van der Waals surface area (Å²) < 4.78 is 0. The minimum absolute atomic E-state index is 0.186. The van der Waals surface area contributed by atoms with E-state index in [1.807, 2.05) is 38.9 Å². The molecule has 0 radical (unpaired) electrons. The number of aromatic nitrogens is 1. The number of carbonyl (C=O) groups is 1. The zero-order valence-corrected chi connectivity index (χ0v) is 11.5. The Morgan fingerprint density at radius 3 is 2.56 bits per heavy atom. The number of hydrogen-bond acceptors (Lipinski definition) is 4. The van der Waals surface area contributed by atoms with E-state index in [-0.39, 0.29) is 5.91 Å². The normalized spacial score (nSPS) is 12.3. The van der Waals surface area contributed by atoms with Crippen LogP contribution in [-0.4, -0.2) is 31.0 Å². The van der Waals surface area contributed by atoms with Crippen LogP contribution in [0.5, 0.6) is 0 Å². The van der Waals surface area contributed by atoms with Crippen molar-refractivity contribution < 1.29 is 4.79 Å². The van der Waals surface area contributed by atoms with Crippen molar-refractivity contribution in [1.29, 1.82) is 0 Å². The summed E-state index contributed by atoms with van der Waals surface area (Å²) in [5.74, 6) is 0.744. The van der Waals surface area contributed by atoms with E-state index in [0.29, 0.717) is 18.2 Å². The van der Waals surface area contributed by atoms with Crippen LogP contribution in [0.15, 0.2) is 18.3 Å². The maximum absolute atomic E-state index is 11.8. The summed E-state index contributed by atoms with van der Waals surface area (Å²) >= 11 is 0. The lowest BCUT2D eigenvalue weighted by Crippen LogP contribution is -2.36. The summed E-state index contributed by atoms with van der Waals surface area (Å²) in [6.45, 7) is 4.08. The van der Waals surface area contributed by atoms with Gasteiger partial charge in [0, 0.05) is 14.1 Å². The van der Waals surface area contributed by atoms with E-state index in [4.69, 9.17) is 5.73 Å². The van der Waals surface area contributed by atoms with Crippen LogP contribution in [0.1, 0.15) is 20.3 Å². The molecule has 1 atom stereocenters. The van der Waals surface area contributed by atoms with Gasteiger partial charge in [0.15, 0.2) is 0 Å². The number of nitrogens with one attached hydrogen (secondary N) is 1. The third-order valence-corrected chi connectivity index (χ3v) is 2.58. The molecule has 0 bridgehead atoms. The molecule has 0 aliphatic rings. The number of rotatable bonds is 5. The minimum Gasteiger partial charge on any atom is -0.376 e. The molecule has 0 saturated heterocycles. The van der Waals surface area contributed by atoms with Crippen LogP contribution in [0.4, 0.5) is 11.5 Å². The summed E-state index contributed by atoms with van der Waals surface area (Å²) in [6.07, 6.45) is 2.38. The van der Waals surface area contributed by atoms with Crippen LogP contribution in [0, 0.1) is 5.92 Å². The number of anilines is 2. The molecule has 0 aliphatic heterocycles. The highest BCUT2D eigenvalue weighted by molar-refractivity contribution is 5.93. The van der Waals surface area contributed by atoms with Gasteiger partial charge in [-0.15, -0.1) is 0 Å². The SMILES string of the molecule is CC(C)C[C@H](N)C(=O)Nc1ccc(N(C)C)cn1. The number of amides is 1. The summed E-state index contributed by atoms with van der Waals surface area (Å²) in [6, 6.07) is 3.19. The molecule has 1 aromatic rings. The second-order valence-corrected chi connectivity index (χ2v) is 5.02. The first-order valence-electron chi connectivity index (χ1n) is 6.10. The molecule has 1 aromatic heterocycles. The highest BCUT2D eigenvalue weighted by Crippen LogP contribution is 2.12. The van der Waals surface area contributed by atoms with Gasteiger partial charge in [0.2, 0.25) is 5.91 Å². The molecule has 100 valence electrons. The van der Waals surface area contributed by atoms with E-state index in [1.165, 1.54) is 0 Å². The number of nitrogens with zero attached hydrogens (tertiary/aromatic N) is 2. The van der Waals surface area contributed by atoms with Gasteiger partial charge < -0.3 is 16.0 Å². The van der Waals surface area contributed by atoms with Crippen molar-refractivity contribution in [2.75, 3.05) is 24.3 Å². The summed E-state index contributed by atoms with van der Waals surface area (Å²) in [7, 11) is 3.88. The van der Waals surface area contributed by atoms with Gasteiger partial charge in [0.25, 0.3) is 0 Å². The van der Waals surface area contributed by atoms with Gasteiger partial charge in [-0.25, -0.2) is 4.98 Å². The molecule has 0 aliphatic carbocycles. The van der Waals surface area contributed by atoms with Crippen molar-refractivity contribution in [3.05, 3.63) is 18.3 Å². The van der Waals surface area contributed by atoms with Gasteiger partial charge in [0.1, 0.15) is 5.82 Å². The van der Waals surface area contributed by atoms with E-state index >= 15 is 0 Å². The molecule has 0 unspecified atom stereocenters. The number of carbonyl (C=O) groups excluding carboxylic acids is 1. The van der Waals surface area contributed by atoms with Crippen molar-refractivity contribution in [3.63, 3.8) is 0 Å². The van der Waals surface area contributed by atoms with Gasteiger partial charge in [-0.1, -0.05) is 13.8 Å². The van der Waals surface area contributed by atoms with E-state index in [0.717, 1.165) is 5.69 Å². The Labute approximate surface area is 108 Å². The molecule has 0 spiro atoms. The third kappa shape index (κ3) is 4.33. The Morgan fingerprint density at radius 1 is 1.44 bits per heavy atom. The largest absolute Gasteiger partial charge is 0.376 e. The lowest BCUT2D eigenvalue weighted by Gasteiger charge is -2.15. The molecule has 0 saturated carbocycles. The highest BCUT2D eigenvalue weighted by atomic mass is 16.2. The summed E-state index contributed by atoms with van der Waals surface area (Å²) in [5.41, 5.74) is 6.78. The smallest absolute Gasteiger partial charge is 0.242 e. The molecule has 0 aromatic carbocycles. The Morgan fingerprint density at radius 2 is 2.11 bits per heavy atom. The van der Waals surface area contributed by atoms with Crippen LogP contribution in [0.3, 0.4) is 0 Å². The third-order valence-electron chi connectivity index (χ3n) is 2.58. The van der Waals surface area contributed by atoms with Crippen LogP contribution in [0.25, 0.3) is 0 Å². The van der Waals surface area contributed by atoms with Crippen molar-refractivity contribution in [1.82, 2.24) is 4.98 Å². The van der Waals surface area contributed by atoms with E-state index in [1.54, 1.807) is 12.3 Å². The van der Waals surface area contributed by atoms with Gasteiger partial charge in [-0.3, -0.25) is 4.79 Å². The second-order valence-electron chi connectivity index (χ2n) is 5.02. The van der Waals surface area contributed by atoms with Crippen molar-refractivity contribution in [2.45, 2.75) is 26.3 Å². The maximum Gasteiger partial charge on any atom is 0.242 e. The summed E-state index contributed by atoms with van der Waals surface area (Å²) in [4.78, 5) is 17.9. The van der Waals surface area contributed by atoms with E-state index in [2.05, 4.69) is 10.3 Å². The second kappa shape index (κ2) is 6.35. The van der Waals surface area contributed by atoms with E-state index in [9.17, 15) is 4.79 Å². The van der Waals surface area contributed by atoms with Crippen molar-refractivity contribution >= 4 is 17.4 Å². The molecule has 18 heavy (non-hydrogen) atoms. The minimum atomic E-state index is -0.486. The Balaban J connectivity index is 2.59. The molecule has 1 rings (SSSR count). The van der Waals surface area contributed by atoms with Crippen LogP contribution in [-0.2, 0) is 4.79 Å². The lowest BCUT2D eigenvalue weighted by molar-refractivity contribution is -0.117. The topological polar surface area (TPSA) is 71.2 Å². The molecule has 0 fully saturated rings. The number of nitrogens with two attached hydrogens (primary N) is 1. The van der Waals surface area contributed by atoms with Crippen LogP contribution < -0.4 is 16.0 Å². The Hall–Kier alpha value is -1.62. The van der Waals surface area contributed by atoms with Gasteiger partial charge in [-0.05, 0) is 24.5 Å². The van der Waals surface area contributed by atoms with Crippen molar-refractivity contribution in [2.24, 2.45) is 11.7 Å². The lowest BCUT2D eigenvalue weighted by atomic mass is 10.0. The maximum atomic E-state index is 11.8. The molecule has 3 N–H and O–H groups in total. The molecule has 1 heterocycles. The zero-order chi connectivity index (χ0) is 13.7. The predicted octanol–water partition coefficient (Wildman–Crippen LogP) is 1.46. The fraction of sp³-hybridized carbons (Fsp3) is 0.538. The average molecular weight is 250 g/mol. The molecule has 5 heteroatoms. The van der Waals surface area contributed by atoms with Gasteiger partial charge in [0.05, 0.1) is 17.9 Å². The molecule has 5 nitrogen and oxygen atoms in total. The predicted molar refractivity (Wildman–Crippen MR) is 74.6 cm³/mol. The number of hydrogen-bond donors (Lipinski definition) is 2. The molecule has 1 amide bonds. The Kier molecular flexibility index (Phi) is 5.09. The summed E-state index contributed by atoms with van der Waals surface area (Å²) in [5, 5.41) is 2.72. The Bertz CT molecular complexity index is 386. The quantitative estimate of drug-likeness (QED) is 0.830. The number of pyridine rings is 1. The van der Waals surface area contributed by atoms with Crippen molar-refractivity contribution in [3.8, 4) is 0 Å². The fourth-order valence-corrected chi connectivity index (χ4v) is 1.56. The standard InChI is InChI=1S/C13H22N4O/c1-9(2)7-11(14)13(18)16-12-6-5-10(8-15-12)17(3)4/h5-6,8-9,11H,7,14H2,1-4H3,(H,15,16,18)/t11-/m0/s1. The van der Waals surface area contributed by atoms with Crippen LogP contribution >= 0.6 is 0 Å². The molecular weight excluding hydrogens is 228 g/mol. The monoisotopic (exact) mass is 250 g/mol. The first kappa shape index (κ1) is 14.4. The van der Waals surface area contributed by atoms with Crippen LogP contribution in [0.2, 0.25) is 0 Å². The zero-order valence-electron chi connectivity index (χ0n) is 11.5. The first-order valence-corrected chi connectivity index (χ1v) is 6.10. The van der Waals surface area contributed by atoms with Gasteiger partial charge >= 0.3 is 0 Å². The first-order chi connectivity index (χ1) is 8.40. The average Bonchev–Trinajstić information content (AvgIpc) is 2.28. The molecular formula is C13H22N4O.